The molecule has 1 fully saturated rings. The lowest BCUT2D eigenvalue weighted by atomic mass is 10.0. The van der Waals surface area contributed by atoms with E-state index < -0.39 is 0 Å². The number of benzene rings is 2. The van der Waals surface area contributed by atoms with E-state index in [1.165, 1.54) is 5.56 Å². The number of hydrogen-bond donors (Lipinski definition) is 1. The third-order valence-electron chi connectivity index (χ3n) is 5.59. The number of carbonyl (C=O) groups is 2. The maximum atomic E-state index is 13.3. The Bertz CT molecular complexity index is 922. The minimum Gasteiger partial charge on any atom is -0.495 e. The van der Waals surface area contributed by atoms with Gasteiger partial charge in [0.2, 0.25) is 5.91 Å². The molecule has 3 rings (SSSR count). The van der Waals surface area contributed by atoms with Crippen LogP contribution in [0.4, 0.5) is 16.2 Å². The van der Waals surface area contributed by atoms with Crippen molar-refractivity contribution in [1.29, 1.82) is 0 Å². The molecule has 1 N–H and O–H groups in total. The Morgan fingerprint density at radius 2 is 1.77 bits per heavy atom. The van der Waals surface area contributed by atoms with Gasteiger partial charge in [-0.2, -0.15) is 0 Å². The fraction of sp³-hybridized carbons (Fsp3) is 0.440. The van der Waals surface area contributed by atoms with Crippen molar-refractivity contribution in [3.05, 3.63) is 53.6 Å². The minimum atomic E-state index is -0.125. The second kappa shape index (κ2) is 9.86. The number of urea groups is 1. The van der Waals surface area contributed by atoms with Gasteiger partial charge in [0, 0.05) is 31.2 Å². The molecule has 1 saturated heterocycles. The fourth-order valence-electron chi connectivity index (χ4n) is 3.65. The Morgan fingerprint density at radius 1 is 1.06 bits per heavy atom. The van der Waals surface area contributed by atoms with Crippen LogP contribution in [0.3, 0.4) is 0 Å². The van der Waals surface area contributed by atoms with E-state index in [2.05, 4.69) is 43.4 Å². The van der Waals surface area contributed by atoms with Gasteiger partial charge in [0.05, 0.1) is 12.8 Å². The lowest BCUT2D eigenvalue weighted by Crippen LogP contribution is -2.49. The molecule has 2 aromatic rings. The van der Waals surface area contributed by atoms with E-state index in [1.807, 2.05) is 24.8 Å². The van der Waals surface area contributed by atoms with E-state index >= 15 is 0 Å². The highest BCUT2D eigenvalue weighted by molar-refractivity contribution is 5.97. The second-order valence-electron chi connectivity index (χ2n) is 8.64. The Morgan fingerprint density at radius 3 is 2.39 bits per heavy atom. The number of anilines is 2. The van der Waals surface area contributed by atoms with Gasteiger partial charge in [-0.05, 0) is 41.7 Å². The van der Waals surface area contributed by atoms with Crippen molar-refractivity contribution in [1.82, 2.24) is 4.90 Å². The molecule has 0 saturated carbocycles. The lowest BCUT2D eigenvalue weighted by Gasteiger charge is -2.36. The quantitative estimate of drug-likeness (QED) is 0.662. The van der Waals surface area contributed by atoms with Gasteiger partial charge in [0.15, 0.2) is 0 Å². The van der Waals surface area contributed by atoms with E-state index in [4.69, 9.17) is 4.74 Å². The van der Waals surface area contributed by atoms with Crippen molar-refractivity contribution in [2.24, 2.45) is 5.92 Å². The van der Waals surface area contributed by atoms with Crippen molar-refractivity contribution in [2.45, 2.75) is 46.6 Å². The zero-order valence-electron chi connectivity index (χ0n) is 19.1. The number of nitrogens with one attached hydrogen (secondary N) is 1. The summed E-state index contributed by atoms with van der Waals surface area (Å²) in [7, 11) is 1.59. The van der Waals surface area contributed by atoms with E-state index in [-0.39, 0.29) is 17.9 Å². The van der Waals surface area contributed by atoms with Gasteiger partial charge in [-0.3, -0.25) is 9.69 Å². The maximum Gasteiger partial charge on any atom is 0.324 e. The van der Waals surface area contributed by atoms with E-state index in [0.29, 0.717) is 42.7 Å². The smallest absolute Gasteiger partial charge is 0.324 e. The first-order valence-corrected chi connectivity index (χ1v) is 10.9. The van der Waals surface area contributed by atoms with Crippen LogP contribution in [-0.2, 0) is 11.3 Å². The van der Waals surface area contributed by atoms with Crippen molar-refractivity contribution in [3.8, 4) is 5.75 Å². The second-order valence-corrected chi connectivity index (χ2v) is 8.64. The molecule has 1 aliphatic heterocycles. The average molecular weight is 424 g/mol. The summed E-state index contributed by atoms with van der Waals surface area (Å²) in [5.74, 6) is 0.906. The molecule has 6 heteroatoms. The third kappa shape index (κ3) is 5.37. The first-order chi connectivity index (χ1) is 14.8. The van der Waals surface area contributed by atoms with Crippen LogP contribution in [0.5, 0.6) is 5.75 Å². The Balaban J connectivity index is 1.80. The Hall–Kier alpha value is -3.02. The van der Waals surface area contributed by atoms with Crippen LogP contribution < -0.4 is 15.0 Å². The molecule has 0 unspecified atom stereocenters. The van der Waals surface area contributed by atoms with Gasteiger partial charge in [-0.15, -0.1) is 0 Å². The number of rotatable bonds is 7. The first kappa shape index (κ1) is 22.7. The molecule has 1 heterocycles. The van der Waals surface area contributed by atoms with Crippen LogP contribution in [-0.4, -0.2) is 37.0 Å². The Kier molecular flexibility index (Phi) is 7.21. The number of amides is 3. The number of nitrogens with zero attached hydrogens (tertiary/aromatic N) is 2. The normalized spacial score (nSPS) is 14.4. The fourth-order valence-corrected chi connectivity index (χ4v) is 3.65. The lowest BCUT2D eigenvalue weighted by molar-refractivity contribution is -0.118. The van der Waals surface area contributed by atoms with Gasteiger partial charge >= 0.3 is 6.03 Å². The SMILES string of the molecule is COc1ccc(NC(=O)C(C)C)cc1N1CCCN(Cc2ccc(C(C)C)cc2)C1=O. The first-order valence-electron chi connectivity index (χ1n) is 10.9. The van der Waals surface area contributed by atoms with Crippen molar-refractivity contribution in [2.75, 3.05) is 30.4 Å². The van der Waals surface area contributed by atoms with Gasteiger partial charge in [-0.25, -0.2) is 4.79 Å². The molecule has 3 amide bonds. The summed E-state index contributed by atoms with van der Waals surface area (Å²) in [4.78, 5) is 29.0. The molecule has 0 atom stereocenters. The molecule has 6 nitrogen and oxygen atoms in total. The van der Waals surface area contributed by atoms with Gasteiger partial charge in [0.25, 0.3) is 0 Å². The van der Waals surface area contributed by atoms with Crippen molar-refractivity contribution < 1.29 is 14.3 Å². The molecular formula is C25H33N3O3. The standard InChI is InChI=1S/C25H33N3O3/c1-17(2)20-9-7-19(8-10-20)16-27-13-6-14-28(25(27)30)22-15-21(11-12-23(22)31-5)26-24(29)18(3)4/h7-12,15,17-18H,6,13-14,16H2,1-5H3,(H,26,29). The van der Waals surface area contributed by atoms with Crippen LogP contribution in [0, 0.1) is 5.92 Å². The zero-order chi connectivity index (χ0) is 22.5. The molecule has 0 aliphatic carbocycles. The van der Waals surface area contributed by atoms with E-state index in [1.54, 1.807) is 24.1 Å². The van der Waals surface area contributed by atoms with E-state index in [0.717, 1.165) is 12.0 Å². The number of methoxy groups -OCH3 is 1. The molecule has 0 radical (unpaired) electrons. The molecule has 166 valence electrons. The molecule has 0 aromatic heterocycles. The Labute approximate surface area is 185 Å². The highest BCUT2D eigenvalue weighted by Gasteiger charge is 2.29. The summed E-state index contributed by atoms with van der Waals surface area (Å²) >= 11 is 0. The van der Waals surface area contributed by atoms with Gasteiger partial charge in [-0.1, -0.05) is 52.0 Å². The average Bonchev–Trinajstić information content (AvgIpc) is 2.75. The summed E-state index contributed by atoms with van der Waals surface area (Å²) in [5.41, 5.74) is 3.74. The van der Waals surface area contributed by atoms with Gasteiger partial charge in [0.1, 0.15) is 5.75 Å². The number of carbonyl (C=O) groups excluding carboxylic acids is 2. The molecule has 31 heavy (non-hydrogen) atoms. The predicted molar refractivity (Wildman–Crippen MR) is 125 cm³/mol. The zero-order valence-corrected chi connectivity index (χ0v) is 19.1. The van der Waals surface area contributed by atoms with Crippen LogP contribution in [0.2, 0.25) is 0 Å². The minimum absolute atomic E-state index is 0.0511. The highest BCUT2D eigenvalue weighted by Crippen LogP contribution is 2.34. The largest absolute Gasteiger partial charge is 0.495 e. The third-order valence-corrected chi connectivity index (χ3v) is 5.59. The topological polar surface area (TPSA) is 61.9 Å². The van der Waals surface area contributed by atoms with Crippen molar-refractivity contribution in [3.63, 3.8) is 0 Å². The molecule has 1 aliphatic rings. The molecule has 0 bridgehead atoms. The van der Waals surface area contributed by atoms with Crippen LogP contribution >= 0.6 is 0 Å². The molecule has 0 spiro atoms. The summed E-state index contributed by atoms with van der Waals surface area (Å²) in [6, 6.07) is 13.8. The summed E-state index contributed by atoms with van der Waals surface area (Å²) < 4.78 is 5.52. The monoisotopic (exact) mass is 423 g/mol. The predicted octanol–water partition coefficient (Wildman–Crippen LogP) is 5.25. The van der Waals surface area contributed by atoms with Crippen LogP contribution in [0.15, 0.2) is 42.5 Å². The number of hydrogen-bond acceptors (Lipinski definition) is 3. The number of ether oxygens (including phenoxy) is 1. The summed E-state index contributed by atoms with van der Waals surface area (Å²) in [6.45, 7) is 9.93. The van der Waals surface area contributed by atoms with E-state index in [9.17, 15) is 9.59 Å². The highest BCUT2D eigenvalue weighted by atomic mass is 16.5. The summed E-state index contributed by atoms with van der Waals surface area (Å²) in [6.07, 6.45) is 0.863. The summed E-state index contributed by atoms with van der Waals surface area (Å²) in [5, 5.41) is 2.91. The van der Waals surface area contributed by atoms with Gasteiger partial charge < -0.3 is 15.0 Å². The van der Waals surface area contributed by atoms with Crippen LogP contribution in [0.1, 0.15) is 51.2 Å². The van der Waals surface area contributed by atoms with Crippen LogP contribution in [0.25, 0.3) is 0 Å². The maximum absolute atomic E-state index is 13.3. The molecule has 2 aromatic carbocycles. The molecular weight excluding hydrogens is 390 g/mol. The van der Waals surface area contributed by atoms with Crippen molar-refractivity contribution >= 4 is 23.3 Å².